The minimum absolute atomic E-state index is 0.0880. The molecule has 2 aromatic carbocycles. The van der Waals surface area contributed by atoms with Gasteiger partial charge in [-0.3, -0.25) is 9.69 Å². The molecule has 0 aromatic heterocycles. The Kier molecular flexibility index (Phi) is 6.72. The summed E-state index contributed by atoms with van der Waals surface area (Å²) in [5, 5.41) is 3.46. The SMILES string of the molecule is CCc1ccccc1NC(=O)CN1CCN(S(=O)(=O)c2ccc(Cl)cc2)CC1. The second-order valence-corrected chi connectivity index (χ2v) is 9.07. The molecule has 3 rings (SSSR count). The van der Waals surface area contributed by atoms with Crippen molar-refractivity contribution in [2.24, 2.45) is 0 Å². The standard InChI is InChI=1S/C20H24ClN3O3S/c1-2-16-5-3-4-6-19(16)22-20(25)15-23-11-13-24(14-12-23)28(26,27)18-9-7-17(21)8-10-18/h3-10H,2,11-15H2,1H3,(H,22,25). The van der Waals surface area contributed by atoms with Gasteiger partial charge in [-0.2, -0.15) is 4.31 Å². The number of nitrogens with zero attached hydrogens (tertiary/aromatic N) is 2. The van der Waals surface area contributed by atoms with Crippen molar-refractivity contribution in [3.8, 4) is 0 Å². The number of sulfonamides is 1. The van der Waals surface area contributed by atoms with E-state index in [1.165, 1.54) is 16.4 Å². The first-order valence-corrected chi connectivity index (χ1v) is 11.1. The van der Waals surface area contributed by atoms with Crippen LogP contribution in [0.15, 0.2) is 53.4 Å². The third-order valence-corrected chi connectivity index (χ3v) is 6.99. The zero-order valence-corrected chi connectivity index (χ0v) is 17.3. The number of nitrogens with one attached hydrogen (secondary N) is 1. The van der Waals surface area contributed by atoms with Gasteiger partial charge in [0.25, 0.3) is 0 Å². The lowest BCUT2D eigenvalue weighted by Gasteiger charge is -2.33. The Balaban J connectivity index is 1.55. The molecular weight excluding hydrogens is 398 g/mol. The van der Waals surface area contributed by atoms with Gasteiger partial charge in [0.05, 0.1) is 11.4 Å². The summed E-state index contributed by atoms with van der Waals surface area (Å²) >= 11 is 5.84. The van der Waals surface area contributed by atoms with Gasteiger partial charge in [-0.1, -0.05) is 36.7 Å². The predicted octanol–water partition coefficient (Wildman–Crippen LogP) is 2.85. The van der Waals surface area contributed by atoms with E-state index in [1.807, 2.05) is 36.1 Å². The van der Waals surface area contributed by atoms with Gasteiger partial charge in [0.15, 0.2) is 0 Å². The number of piperazine rings is 1. The van der Waals surface area contributed by atoms with Crippen LogP contribution in [0.2, 0.25) is 5.02 Å². The fourth-order valence-corrected chi connectivity index (χ4v) is 4.78. The molecule has 1 fully saturated rings. The Morgan fingerprint density at radius 1 is 1.04 bits per heavy atom. The Morgan fingerprint density at radius 2 is 1.68 bits per heavy atom. The summed E-state index contributed by atoms with van der Waals surface area (Å²) in [6.07, 6.45) is 0.845. The minimum Gasteiger partial charge on any atom is -0.325 e. The van der Waals surface area contributed by atoms with Crippen LogP contribution in [0.5, 0.6) is 0 Å². The number of benzene rings is 2. The van der Waals surface area contributed by atoms with Crippen molar-refractivity contribution in [3.05, 3.63) is 59.1 Å². The summed E-state index contributed by atoms with van der Waals surface area (Å²) in [5.41, 5.74) is 1.92. The monoisotopic (exact) mass is 421 g/mol. The summed E-state index contributed by atoms with van der Waals surface area (Å²) < 4.78 is 26.9. The van der Waals surface area contributed by atoms with E-state index in [0.717, 1.165) is 17.7 Å². The first-order valence-electron chi connectivity index (χ1n) is 9.26. The van der Waals surface area contributed by atoms with Crippen LogP contribution in [0, 0.1) is 0 Å². The van der Waals surface area contributed by atoms with Gasteiger partial charge < -0.3 is 5.32 Å². The molecule has 0 bridgehead atoms. The van der Waals surface area contributed by atoms with E-state index >= 15 is 0 Å². The summed E-state index contributed by atoms with van der Waals surface area (Å²) in [6, 6.07) is 13.9. The maximum atomic E-state index is 12.7. The molecule has 1 N–H and O–H groups in total. The van der Waals surface area contributed by atoms with Gasteiger partial charge >= 0.3 is 0 Å². The molecule has 1 aliphatic rings. The molecule has 6 nitrogen and oxygen atoms in total. The molecule has 0 radical (unpaired) electrons. The molecule has 0 atom stereocenters. The van der Waals surface area contributed by atoms with Gasteiger partial charge in [-0.15, -0.1) is 0 Å². The second-order valence-electron chi connectivity index (χ2n) is 6.69. The molecule has 1 heterocycles. The van der Waals surface area contributed by atoms with E-state index in [0.29, 0.717) is 31.2 Å². The second kappa shape index (κ2) is 9.05. The van der Waals surface area contributed by atoms with Crippen molar-refractivity contribution in [1.82, 2.24) is 9.21 Å². The van der Waals surface area contributed by atoms with Crippen LogP contribution in [-0.2, 0) is 21.2 Å². The lowest BCUT2D eigenvalue weighted by molar-refractivity contribution is -0.117. The third-order valence-electron chi connectivity index (χ3n) is 4.82. The number of rotatable bonds is 6. The van der Waals surface area contributed by atoms with E-state index in [1.54, 1.807) is 12.1 Å². The zero-order chi connectivity index (χ0) is 20.1. The predicted molar refractivity (Wildman–Crippen MR) is 111 cm³/mol. The van der Waals surface area contributed by atoms with E-state index in [2.05, 4.69) is 5.32 Å². The molecule has 1 amide bonds. The minimum atomic E-state index is -3.54. The van der Waals surface area contributed by atoms with Crippen LogP contribution in [0.1, 0.15) is 12.5 Å². The number of anilines is 1. The molecule has 28 heavy (non-hydrogen) atoms. The average Bonchev–Trinajstić information content (AvgIpc) is 2.69. The highest BCUT2D eigenvalue weighted by Crippen LogP contribution is 2.20. The molecular formula is C20H24ClN3O3S. The summed E-state index contributed by atoms with van der Waals surface area (Å²) in [6.45, 7) is 4.01. The smallest absolute Gasteiger partial charge is 0.243 e. The third kappa shape index (κ3) is 4.91. The van der Waals surface area contributed by atoms with Crippen LogP contribution in [0.4, 0.5) is 5.69 Å². The Hall–Kier alpha value is -1.93. The van der Waals surface area contributed by atoms with E-state index in [9.17, 15) is 13.2 Å². The first-order chi connectivity index (χ1) is 13.4. The van der Waals surface area contributed by atoms with Crippen molar-refractivity contribution < 1.29 is 13.2 Å². The van der Waals surface area contributed by atoms with Crippen molar-refractivity contribution in [1.29, 1.82) is 0 Å². The number of amides is 1. The molecule has 1 aliphatic heterocycles. The fourth-order valence-electron chi connectivity index (χ4n) is 3.23. The number of aryl methyl sites for hydroxylation is 1. The largest absolute Gasteiger partial charge is 0.325 e. The molecule has 150 valence electrons. The highest BCUT2D eigenvalue weighted by molar-refractivity contribution is 7.89. The van der Waals surface area contributed by atoms with Gasteiger partial charge in [-0.25, -0.2) is 8.42 Å². The van der Waals surface area contributed by atoms with Crippen molar-refractivity contribution in [2.45, 2.75) is 18.2 Å². The highest BCUT2D eigenvalue weighted by atomic mass is 35.5. The lowest BCUT2D eigenvalue weighted by Crippen LogP contribution is -2.50. The van der Waals surface area contributed by atoms with E-state index in [4.69, 9.17) is 11.6 Å². The van der Waals surface area contributed by atoms with Crippen LogP contribution < -0.4 is 5.32 Å². The number of carbonyl (C=O) groups is 1. The molecule has 2 aromatic rings. The van der Waals surface area contributed by atoms with E-state index in [-0.39, 0.29) is 17.3 Å². The highest BCUT2D eigenvalue weighted by Gasteiger charge is 2.29. The summed E-state index contributed by atoms with van der Waals surface area (Å²) in [4.78, 5) is 14.6. The Bertz CT molecular complexity index is 924. The Morgan fingerprint density at radius 3 is 2.32 bits per heavy atom. The fraction of sp³-hybridized carbons (Fsp3) is 0.350. The average molecular weight is 422 g/mol. The van der Waals surface area contributed by atoms with Crippen LogP contribution in [-0.4, -0.2) is 56.3 Å². The molecule has 0 aliphatic carbocycles. The topological polar surface area (TPSA) is 69.7 Å². The van der Waals surface area contributed by atoms with Crippen LogP contribution >= 0.6 is 11.6 Å². The summed E-state index contributed by atoms with van der Waals surface area (Å²) in [7, 11) is -3.54. The maximum Gasteiger partial charge on any atom is 0.243 e. The molecule has 1 saturated heterocycles. The number of hydrogen-bond donors (Lipinski definition) is 1. The number of para-hydroxylation sites is 1. The quantitative estimate of drug-likeness (QED) is 0.778. The first kappa shape index (κ1) is 20.8. The van der Waals surface area contributed by atoms with Gasteiger partial charge in [0.1, 0.15) is 0 Å². The van der Waals surface area contributed by atoms with E-state index < -0.39 is 10.0 Å². The van der Waals surface area contributed by atoms with Crippen molar-refractivity contribution >= 4 is 33.2 Å². The molecule has 8 heteroatoms. The Labute approximate surface area is 171 Å². The van der Waals surface area contributed by atoms with Gasteiger partial charge in [-0.05, 0) is 42.3 Å². The normalized spacial score (nSPS) is 16.1. The summed E-state index contributed by atoms with van der Waals surface area (Å²) in [5.74, 6) is -0.0880. The number of carbonyl (C=O) groups excluding carboxylic acids is 1. The molecule has 0 spiro atoms. The maximum absolute atomic E-state index is 12.7. The molecule has 0 unspecified atom stereocenters. The van der Waals surface area contributed by atoms with Crippen LogP contribution in [0.3, 0.4) is 0 Å². The van der Waals surface area contributed by atoms with Crippen LogP contribution in [0.25, 0.3) is 0 Å². The van der Waals surface area contributed by atoms with Crippen molar-refractivity contribution in [2.75, 3.05) is 38.0 Å². The van der Waals surface area contributed by atoms with Gasteiger partial charge in [0, 0.05) is 36.9 Å². The number of halogens is 1. The molecule has 0 saturated carbocycles. The van der Waals surface area contributed by atoms with Gasteiger partial charge in [0.2, 0.25) is 15.9 Å². The van der Waals surface area contributed by atoms with Crippen molar-refractivity contribution in [3.63, 3.8) is 0 Å². The zero-order valence-electron chi connectivity index (χ0n) is 15.8. The lowest BCUT2D eigenvalue weighted by atomic mass is 10.1. The number of hydrogen-bond acceptors (Lipinski definition) is 4.